The van der Waals surface area contributed by atoms with Gasteiger partial charge in [-0.05, 0) is 56.8 Å². The number of carbonyl (C=O) groups excluding carboxylic acids is 2. The van der Waals surface area contributed by atoms with Crippen molar-refractivity contribution in [3.05, 3.63) is 0 Å². The molecular formula is C17H28N2O2. The summed E-state index contributed by atoms with van der Waals surface area (Å²) in [6.07, 6.45) is 6.05. The van der Waals surface area contributed by atoms with Gasteiger partial charge >= 0.3 is 0 Å². The third kappa shape index (κ3) is 2.69. The number of amides is 2. The Kier molecular flexibility index (Phi) is 3.74. The molecule has 1 saturated heterocycles. The molecule has 1 aliphatic heterocycles. The van der Waals surface area contributed by atoms with Crippen LogP contribution in [0.25, 0.3) is 0 Å². The van der Waals surface area contributed by atoms with Crippen LogP contribution in [0.15, 0.2) is 0 Å². The van der Waals surface area contributed by atoms with E-state index >= 15 is 0 Å². The summed E-state index contributed by atoms with van der Waals surface area (Å²) in [5, 5.41) is 3.03. The highest BCUT2D eigenvalue weighted by molar-refractivity contribution is 5.94. The fourth-order valence-electron chi connectivity index (χ4n) is 4.39. The molecule has 4 nitrogen and oxygen atoms in total. The second kappa shape index (κ2) is 5.29. The highest BCUT2D eigenvalue weighted by atomic mass is 16.2. The predicted octanol–water partition coefficient (Wildman–Crippen LogP) is 2.33. The van der Waals surface area contributed by atoms with E-state index in [1.54, 1.807) is 0 Å². The average Bonchev–Trinajstić information content (AvgIpc) is 3.24. The Bertz CT molecular complexity index is 446. The number of hydrogen-bond donors (Lipinski definition) is 1. The minimum absolute atomic E-state index is 0.0390. The molecule has 3 rings (SSSR count). The van der Waals surface area contributed by atoms with Crippen LogP contribution in [0.3, 0.4) is 0 Å². The SMILES string of the molecule is CC1CCC(N2CCC(=O)NC(C)(C3CC3)C2=O)C(C)C1. The van der Waals surface area contributed by atoms with Crippen LogP contribution in [0.5, 0.6) is 0 Å². The minimum Gasteiger partial charge on any atom is -0.342 e. The largest absolute Gasteiger partial charge is 0.342 e. The van der Waals surface area contributed by atoms with Crippen LogP contribution in [-0.4, -0.2) is 34.8 Å². The van der Waals surface area contributed by atoms with E-state index in [4.69, 9.17) is 0 Å². The third-order valence-corrected chi connectivity index (χ3v) is 5.86. The number of hydrogen-bond acceptors (Lipinski definition) is 2. The molecule has 1 N–H and O–H groups in total. The lowest BCUT2D eigenvalue weighted by Gasteiger charge is -2.43. The first-order chi connectivity index (χ1) is 9.91. The van der Waals surface area contributed by atoms with Gasteiger partial charge < -0.3 is 10.2 Å². The average molecular weight is 292 g/mol. The van der Waals surface area contributed by atoms with Crippen LogP contribution < -0.4 is 5.32 Å². The molecular weight excluding hydrogens is 264 g/mol. The van der Waals surface area contributed by atoms with E-state index in [1.165, 1.54) is 12.8 Å². The van der Waals surface area contributed by atoms with Gasteiger partial charge in [-0.25, -0.2) is 0 Å². The van der Waals surface area contributed by atoms with Crippen LogP contribution in [0.1, 0.15) is 59.3 Å². The van der Waals surface area contributed by atoms with E-state index in [2.05, 4.69) is 19.2 Å². The molecule has 2 saturated carbocycles. The van der Waals surface area contributed by atoms with Crippen molar-refractivity contribution < 1.29 is 9.59 Å². The van der Waals surface area contributed by atoms with E-state index in [0.717, 1.165) is 25.2 Å². The Morgan fingerprint density at radius 1 is 1.14 bits per heavy atom. The van der Waals surface area contributed by atoms with Gasteiger partial charge in [-0.1, -0.05) is 13.8 Å². The third-order valence-electron chi connectivity index (χ3n) is 5.86. The van der Waals surface area contributed by atoms with Crippen LogP contribution >= 0.6 is 0 Å². The Morgan fingerprint density at radius 2 is 1.86 bits per heavy atom. The molecule has 2 amide bonds. The topological polar surface area (TPSA) is 49.4 Å². The van der Waals surface area contributed by atoms with Crippen molar-refractivity contribution in [3.8, 4) is 0 Å². The molecule has 3 aliphatic rings. The molecule has 1 heterocycles. The molecule has 0 bridgehead atoms. The van der Waals surface area contributed by atoms with Crippen LogP contribution in [0, 0.1) is 17.8 Å². The molecule has 0 aromatic carbocycles. The van der Waals surface area contributed by atoms with Gasteiger partial charge in [-0.15, -0.1) is 0 Å². The molecule has 0 aromatic heterocycles. The summed E-state index contributed by atoms with van der Waals surface area (Å²) in [6, 6.07) is 0.319. The Morgan fingerprint density at radius 3 is 2.48 bits per heavy atom. The maximum absolute atomic E-state index is 13.1. The zero-order chi connectivity index (χ0) is 15.2. The van der Waals surface area contributed by atoms with Crippen molar-refractivity contribution in [2.24, 2.45) is 17.8 Å². The first kappa shape index (κ1) is 14.9. The minimum atomic E-state index is -0.656. The summed E-state index contributed by atoms with van der Waals surface area (Å²) in [7, 11) is 0. The highest BCUT2D eigenvalue weighted by Gasteiger charge is 2.52. The van der Waals surface area contributed by atoms with Crippen LogP contribution in [0.4, 0.5) is 0 Å². The zero-order valence-corrected chi connectivity index (χ0v) is 13.5. The summed E-state index contributed by atoms with van der Waals surface area (Å²) in [4.78, 5) is 27.2. The second-order valence-electron chi connectivity index (χ2n) is 7.74. The highest BCUT2D eigenvalue weighted by Crippen LogP contribution is 2.43. The predicted molar refractivity (Wildman–Crippen MR) is 81.6 cm³/mol. The van der Waals surface area contributed by atoms with E-state index < -0.39 is 5.54 Å². The van der Waals surface area contributed by atoms with Crippen molar-refractivity contribution in [1.29, 1.82) is 0 Å². The smallest absolute Gasteiger partial charge is 0.248 e. The van der Waals surface area contributed by atoms with E-state index in [0.29, 0.717) is 30.8 Å². The normalized spacial score (nSPS) is 41.7. The van der Waals surface area contributed by atoms with Gasteiger partial charge in [0.15, 0.2) is 0 Å². The van der Waals surface area contributed by atoms with Crippen LogP contribution in [-0.2, 0) is 9.59 Å². The molecule has 118 valence electrons. The van der Waals surface area contributed by atoms with Crippen molar-refractivity contribution in [2.75, 3.05) is 6.54 Å². The molecule has 21 heavy (non-hydrogen) atoms. The number of carbonyl (C=O) groups is 2. The molecule has 4 unspecified atom stereocenters. The van der Waals surface area contributed by atoms with Crippen molar-refractivity contribution >= 4 is 11.8 Å². The zero-order valence-electron chi connectivity index (χ0n) is 13.5. The van der Waals surface area contributed by atoms with Gasteiger partial charge in [0, 0.05) is 19.0 Å². The lowest BCUT2D eigenvalue weighted by atomic mass is 9.78. The van der Waals surface area contributed by atoms with E-state index in [1.807, 2.05) is 11.8 Å². The van der Waals surface area contributed by atoms with E-state index in [-0.39, 0.29) is 11.8 Å². The first-order valence-corrected chi connectivity index (χ1v) is 8.54. The number of nitrogens with one attached hydrogen (secondary N) is 1. The second-order valence-corrected chi connectivity index (χ2v) is 7.74. The summed E-state index contributed by atoms with van der Waals surface area (Å²) in [5.74, 6) is 1.84. The fourth-order valence-corrected chi connectivity index (χ4v) is 4.39. The van der Waals surface area contributed by atoms with Crippen molar-refractivity contribution in [2.45, 2.75) is 70.9 Å². The maximum atomic E-state index is 13.1. The standard InChI is InChI=1S/C17H28N2O2/c1-11-4-7-14(12(2)10-11)19-9-8-15(20)18-17(3,16(19)21)13-5-6-13/h11-14H,4-10H2,1-3H3,(H,18,20). The molecule has 4 atom stereocenters. The monoisotopic (exact) mass is 292 g/mol. The number of rotatable bonds is 2. The van der Waals surface area contributed by atoms with Gasteiger partial charge in [0.2, 0.25) is 11.8 Å². The molecule has 0 aromatic rings. The summed E-state index contributed by atoms with van der Waals surface area (Å²) >= 11 is 0. The Labute approximate surface area is 127 Å². The molecule has 0 spiro atoms. The van der Waals surface area contributed by atoms with Crippen molar-refractivity contribution in [3.63, 3.8) is 0 Å². The Hall–Kier alpha value is -1.06. The van der Waals surface area contributed by atoms with Gasteiger partial charge in [-0.2, -0.15) is 0 Å². The number of nitrogens with zero attached hydrogens (tertiary/aromatic N) is 1. The summed E-state index contributed by atoms with van der Waals surface area (Å²) in [6.45, 7) is 7.11. The van der Waals surface area contributed by atoms with Crippen molar-refractivity contribution in [1.82, 2.24) is 10.2 Å². The lowest BCUT2D eigenvalue weighted by Crippen LogP contribution is -2.59. The van der Waals surface area contributed by atoms with E-state index in [9.17, 15) is 9.59 Å². The molecule has 0 radical (unpaired) electrons. The quantitative estimate of drug-likeness (QED) is 0.849. The summed E-state index contributed by atoms with van der Waals surface area (Å²) in [5.41, 5.74) is -0.656. The van der Waals surface area contributed by atoms with Gasteiger partial charge in [0.05, 0.1) is 0 Å². The first-order valence-electron chi connectivity index (χ1n) is 8.54. The molecule has 2 aliphatic carbocycles. The summed E-state index contributed by atoms with van der Waals surface area (Å²) < 4.78 is 0. The fraction of sp³-hybridized carbons (Fsp3) is 0.882. The molecule has 3 fully saturated rings. The lowest BCUT2D eigenvalue weighted by molar-refractivity contribution is -0.143. The maximum Gasteiger partial charge on any atom is 0.248 e. The Balaban J connectivity index is 1.83. The van der Waals surface area contributed by atoms with Gasteiger partial charge in [-0.3, -0.25) is 9.59 Å². The van der Waals surface area contributed by atoms with Gasteiger partial charge in [0.25, 0.3) is 0 Å². The van der Waals surface area contributed by atoms with Crippen LogP contribution in [0.2, 0.25) is 0 Å². The van der Waals surface area contributed by atoms with Gasteiger partial charge in [0.1, 0.15) is 5.54 Å². The molecule has 4 heteroatoms.